The Balaban J connectivity index is 0.00000182. The summed E-state index contributed by atoms with van der Waals surface area (Å²) in [6.45, 7) is 6.22. The van der Waals surface area contributed by atoms with E-state index < -0.39 is 0 Å². The number of halogens is 2. The summed E-state index contributed by atoms with van der Waals surface area (Å²) in [7, 11) is 0. The van der Waals surface area contributed by atoms with E-state index in [2.05, 4.69) is 15.6 Å². The molecule has 1 unspecified atom stereocenters. The second-order valence-corrected chi connectivity index (χ2v) is 8.24. The number of nitrogens with one attached hydrogen (secondary N) is 1. The minimum atomic E-state index is 0. The first-order valence-corrected chi connectivity index (χ1v) is 9.71. The topological polar surface area (TPSA) is 37.4 Å². The number of likely N-dealkylation sites (tertiary alicyclic amines) is 1. The molecule has 2 saturated heterocycles. The molecule has 2 fully saturated rings. The van der Waals surface area contributed by atoms with E-state index in [1.807, 2.05) is 24.3 Å². The molecular weight excluding hydrogens is 377 g/mol. The minimum Gasteiger partial charge on any atom is -0.486 e. The van der Waals surface area contributed by atoms with Crippen LogP contribution in [0.2, 0.25) is 5.02 Å². The Morgan fingerprint density at radius 3 is 2.88 bits per heavy atom. The number of benzene rings is 1. The highest BCUT2D eigenvalue weighted by atomic mass is 35.5. The van der Waals surface area contributed by atoms with Gasteiger partial charge in [0.1, 0.15) is 17.4 Å². The molecule has 1 N–H and O–H groups in total. The zero-order valence-corrected chi connectivity index (χ0v) is 16.4. The maximum Gasteiger partial charge on any atom is 0.140 e. The van der Waals surface area contributed by atoms with Crippen LogP contribution in [0, 0.1) is 5.41 Å². The van der Waals surface area contributed by atoms with E-state index in [1.54, 1.807) is 11.3 Å². The van der Waals surface area contributed by atoms with E-state index in [4.69, 9.17) is 21.3 Å². The van der Waals surface area contributed by atoms with Crippen LogP contribution in [0.25, 0.3) is 0 Å². The Morgan fingerprint density at radius 2 is 2.12 bits per heavy atom. The molecule has 4 nitrogen and oxygen atoms in total. The molecule has 0 bridgehead atoms. The van der Waals surface area contributed by atoms with Crippen LogP contribution in [-0.2, 0) is 13.2 Å². The van der Waals surface area contributed by atoms with Gasteiger partial charge in [-0.3, -0.25) is 4.90 Å². The summed E-state index contributed by atoms with van der Waals surface area (Å²) in [5, 5.41) is 7.43. The molecule has 25 heavy (non-hydrogen) atoms. The molecular formula is C18H23Cl2N3OS. The first-order chi connectivity index (χ1) is 11.7. The monoisotopic (exact) mass is 399 g/mol. The lowest BCUT2D eigenvalue weighted by atomic mass is 9.87. The smallest absolute Gasteiger partial charge is 0.140 e. The average Bonchev–Trinajstić information content (AvgIpc) is 3.31. The first kappa shape index (κ1) is 18.9. The predicted molar refractivity (Wildman–Crippen MR) is 105 cm³/mol. The molecule has 0 radical (unpaired) electrons. The highest BCUT2D eigenvalue weighted by Gasteiger charge is 2.40. The van der Waals surface area contributed by atoms with Crippen LogP contribution in [0.1, 0.15) is 23.5 Å². The summed E-state index contributed by atoms with van der Waals surface area (Å²) in [6, 6.07) is 7.45. The van der Waals surface area contributed by atoms with E-state index in [-0.39, 0.29) is 12.4 Å². The fourth-order valence-corrected chi connectivity index (χ4v) is 4.52. The lowest BCUT2D eigenvalue weighted by molar-refractivity contribution is 0.266. The Kier molecular flexibility index (Phi) is 6.23. The van der Waals surface area contributed by atoms with Gasteiger partial charge in [-0.25, -0.2) is 4.98 Å². The highest BCUT2D eigenvalue weighted by Crippen LogP contribution is 2.36. The maximum absolute atomic E-state index is 5.88. The van der Waals surface area contributed by atoms with Crippen LogP contribution >= 0.6 is 35.3 Å². The zero-order chi connectivity index (χ0) is 16.4. The molecule has 0 amide bonds. The van der Waals surface area contributed by atoms with Crippen LogP contribution in [0.15, 0.2) is 29.6 Å². The molecule has 7 heteroatoms. The lowest BCUT2D eigenvalue weighted by Gasteiger charge is -2.22. The summed E-state index contributed by atoms with van der Waals surface area (Å²) in [5.74, 6) is 0.825. The van der Waals surface area contributed by atoms with Crippen molar-refractivity contribution in [3.05, 3.63) is 45.4 Å². The SMILES string of the molecule is Cl.Clc1ccc(OCc2nc(CN3CCC4(CCNC4)C3)cs2)cc1. The van der Waals surface area contributed by atoms with Gasteiger partial charge < -0.3 is 10.1 Å². The van der Waals surface area contributed by atoms with Crippen LogP contribution < -0.4 is 10.1 Å². The third-order valence-electron chi connectivity index (χ3n) is 5.01. The predicted octanol–water partition coefficient (Wildman–Crippen LogP) is 3.98. The molecule has 0 aliphatic carbocycles. The van der Waals surface area contributed by atoms with Gasteiger partial charge in [-0.1, -0.05) is 11.6 Å². The van der Waals surface area contributed by atoms with Gasteiger partial charge in [0.15, 0.2) is 0 Å². The molecule has 1 spiro atoms. The van der Waals surface area contributed by atoms with Crippen molar-refractivity contribution >= 4 is 35.3 Å². The Hall–Kier alpha value is -0.850. The summed E-state index contributed by atoms with van der Waals surface area (Å²) in [5.41, 5.74) is 1.69. The second kappa shape index (κ2) is 8.23. The minimum absolute atomic E-state index is 0. The van der Waals surface area contributed by atoms with E-state index in [0.29, 0.717) is 12.0 Å². The van der Waals surface area contributed by atoms with Crippen molar-refractivity contribution in [3.8, 4) is 5.75 Å². The first-order valence-electron chi connectivity index (χ1n) is 8.46. The highest BCUT2D eigenvalue weighted by molar-refractivity contribution is 7.09. The molecule has 1 aromatic heterocycles. The Bertz CT molecular complexity index is 686. The molecule has 1 aromatic carbocycles. The third kappa shape index (κ3) is 4.66. The molecule has 1 atom stereocenters. The van der Waals surface area contributed by atoms with E-state index in [0.717, 1.165) is 28.0 Å². The van der Waals surface area contributed by atoms with Gasteiger partial charge in [-0.2, -0.15) is 0 Å². The van der Waals surface area contributed by atoms with Crippen molar-refractivity contribution < 1.29 is 4.74 Å². The third-order valence-corrected chi connectivity index (χ3v) is 6.13. The molecule has 3 heterocycles. The number of rotatable bonds is 5. The fraction of sp³-hybridized carbons (Fsp3) is 0.500. The van der Waals surface area contributed by atoms with Crippen molar-refractivity contribution in [2.45, 2.75) is 26.0 Å². The van der Waals surface area contributed by atoms with Crippen LogP contribution in [0.4, 0.5) is 0 Å². The van der Waals surface area contributed by atoms with Gasteiger partial charge in [0, 0.05) is 30.0 Å². The average molecular weight is 400 g/mol. The molecule has 4 rings (SSSR count). The molecule has 136 valence electrons. The van der Waals surface area contributed by atoms with Gasteiger partial charge in [-0.05, 0) is 55.6 Å². The molecule has 2 aliphatic heterocycles. The van der Waals surface area contributed by atoms with Crippen molar-refractivity contribution in [2.24, 2.45) is 5.41 Å². The van der Waals surface area contributed by atoms with Crippen LogP contribution in [0.3, 0.4) is 0 Å². The van der Waals surface area contributed by atoms with Crippen molar-refractivity contribution in [2.75, 3.05) is 26.2 Å². The largest absolute Gasteiger partial charge is 0.486 e. The van der Waals surface area contributed by atoms with Crippen LogP contribution in [0.5, 0.6) is 5.75 Å². The summed E-state index contributed by atoms with van der Waals surface area (Å²) >= 11 is 7.56. The zero-order valence-electron chi connectivity index (χ0n) is 14.0. The van der Waals surface area contributed by atoms with Gasteiger partial charge >= 0.3 is 0 Å². The normalized spacial score (nSPS) is 23.1. The van der Waals surface area contributed by atoms with Crippen molar-refractivity contribution in [1.82, 2.24) is 15.2 Å². The number of hydrogen-bond acceptors (Lipinski definition) is 5. The fourth-order valence-electron chi connectivity index (χ4n) is 3.70. The van der Waals surface area contributed by atoms with Crippen molar-refractivity contribution in [3.63, 3.8) is 0 Å². The Labute approximate surface area is 164 Å². The summed E-state index contributed by atoms with van der Waals surface area (Å²) in [4.78, 5) is 7.28. The lowest BCUT2D eigenvalue weighted by Crippen LogP contribution is -2.29. The van der Waals surface area contributed by atoms with Gasteiger partial charge in [0.2, 0.25) is 0 Å². The van der Waals surface area contributed by atoms with Crippen LogP contribution in [-0.4, -0.2) is 36.1 Å². The molecule has 0 saturated carbocycles. The van der Waals surface area contributed by atoms with E-state index in [9.17, 15) is 0 Å². The quantitative estimate of drug-likeness (QED) is 0.824. The maximum atomic E-state index is 5.88. The Morgan fingerprint density at radius 1 is 1.28 bits per heavy atom. The summed E-state index contributed by atoms with van der Waals surface area (Å²) in [6.07, 6.45) is 2.64. The van der Waals surface area contributed by atoms with Gasteiger partial charge in [0.05, 0.1) is 5.69 Å². The number of thiazole rings is 1. The number of nitrogens with zero attached hydrogens (tertiary/aromatic N) is 2. The number of ether oxygens (including phenoxy) is 1. The molecule has 2 aliphatic rings. The van der Waals surface area contributed by atoms with E-state index >= 15 is 0 Å². The van der Waals surface area contributed by atoms with E-state index in [1.165, 1.54) is 39.0 Å². The number of hydrogen-bond donors (Lipinski definition) is 1. The summed E-state index contributed by atoms with van der Waals surface area (Å²) < 4.78 is 5.77. The number of aromatic nitrogens is 1. The standard InChI is InChI=1S/C18H22ClN3OS.ClH/c19-14-1-3-16(4-2-14)23-10-17-21-15(11-24-17)9-22-8-6-18(13-22)5-7-20-12-18;/h1-4,11,20H,5-10,12-13H2;1H. The molecule has 2 aromatic rings. The van der Waals surface area contributed by atoms with Gasteiger partial charge in [-0.15, -0.1) is 23.7 Å². The van der Waals surface area contributed by atoms with Gasteiger partial charge in [0.25, 0.3) is 0 Å². The second-order valence-electron chi connectivity index (χ2n) is 6.86. The van der Waals surface area contributed by atoms with Crippen molar-refractivity contribution in [1.29, 1.82) is 0 Å².